The summed E-state index contributed by atoms with van der Waals surface area (Å²) in [5, 5.41) is 12.1. The number of pyridine rings is 1. The molecule has 0 radical (unpaired) electrons. The van der Waals surface area contributed by atoms with Crippen LogP contribution < -0.4 is 0 Å². The smallest absolute Gasteiger partial charge is 0.0979 e. The fourth-order valence-corrected chi connectivity index (χ4v) is 3.17. The maximum atomic E-state index is 11.0. The van der Waals surface area contributed by atoms with Crippen LogP contribution in [0.2, 0.25) is 0 Å². The van der Waals surface area contributed by atoms with Gasteiger partial charge in [-0.25, -0.2) is 0 Å². The number of rotatable bonds is 5. The Balaban J connectivity index is 2.57. The molecule has 0 bridgehead atoms. The Morgan fingerprint density at radius 1 is 1.15 bits per heavy atom. The van der Waals surface area contributed by atoms with E-state index in [1.165, 1.54) is 0 Å². The third-order valence-corrected chi connectivity index (χ3v) is 4.60. The van der Waals surface area contributed by atoms with E-state index in [4.69, 9.17) is 0 Å². The first kappa shape index (κ1) is 14.9. The van der Waals surface area contributed by atoms with Gasteiger partial charge < -0.3 is 10.0 Å². The van der Waals surface area contributed by atoms with Gasteiger partial charge in [0.05, 0.1) is 11.6 Å². The van der Waals surface area contributed by atoms with Gasteiger partial charge in [-0.3, -0.25) is 4.98 Å². The van der Waals surface area contributed by atoms with Gasteiger partial charge in [0.1, 0.15) is 0 Å². The maximum absolute atomic E-state index is 11.0. The second-order valence-electron chi connectivity index (χ2n) is 5.52. The summed E-state index contributed by atoms with van der Waals surface area (Å²) in [5.41, 5.74) is 1.65. The van der Waals surface area contributed by atoms with Crippen LogP contribution in [0.3, 0.4) is 0 Å². The quantitative estimate of drug-likeness (QED) is 0.906. The van der Waals surface area contributed by atoms with Gasteiger partial charge >= 0.3 is 0 Å². The summed E-state index contributed by atoms with van der Waals surface area (Å²) >= 11 is 0. The summed E-state index contributed by atoms with van der Waals surface area (Å²) in [6.07, 6.45) is 3.06. The lowest BCUT2D eigenvalue weighted by molar-refractivity contribution is -0.0141. The number of aliphatic hydroxyl groups excluding tert-OH is 1. The molecule has 3 nitrogen and oxygen atoms in total. The zero-order chi connectivity index (χ0) is 14.8. The van der Waals surface area contributed by atoms with Crippen molar-refractivity contribution in [3.63, 3.8) is 0 Å². The first-order valence-electron chi connectivity index (χ1n) is 7.26. The van der Waals surface area contributed by atoms with Crippen LogP contribution in [-0.2, 0) is 0 Å². The van der Waals surface area contributed by atoms with Gasteiger partial charge in [0, 0.05) is 17.1 Å². The SMILES string of the molecule is CCC(CC)(C(O)c1cccc2ncccc12)N(C)C. The van der Waals surface area contributed by atoms with Crippen molar-refractivity contribution in [2.24, 2.45) is 0 Å². The fourth-order valence-electron chi connectivity index (χ4n) is 3.17. The highest BCUT2D eigenvalue weighted by molar-refractivity contribution is 5.82. The average Bonchev–Trinajstić information content (AvgIpc) is 2.48. The Bertz CT molecular complexity index is 571. The number of benzene rings is 1. The summed E-state index contributed by atoms with van der Waals surface area (Å²) < 4.78 is 0. The van der Waals surface area contributed by atoms with Crippen molar-refractivity contribution in [3.05, 3.63) is 42.1 Å². The molecule has 1 unspecified atom stereocenters. The topological polar surface area (TPSA) is 36.4 Å². The number of hydrogen-bond acceptors (Lipinski definition) is 3. The van der Waals surface area contributed by atoms with Crippen molar-refractivity contribution in [2.45, 2.75) is 38.3 Å². The predicted octanol–water partition coefficient (Wildman–Crippen LogP) is 3.39. The third-order valence-electron chi connectivity index (χ3n) is 4.60. The van der Waals surface area contributed by atoms with Crippen molar-refractivity contribution in [1.82, 2.24) is 9.88 Å². The van der Waals surface area contributed by atoms with Gasteiger partial charge in [-0.05, 0) is 44.6 Å². The molecule has 2 aromatic rings. The molecule has 0 saturated heterocycles. The van der Waals surface area contributed by atoms with Crippen LogP contribution in [-0.4, -0.2) is 34.6 Å². The molecule has 1 aromatic heterocycles. The van der Waals surface area contributed by atoms with E-state index in [0.717, 1.165) is 29.3 Å². The molecular formula is C17H24N2O. The summed E-state index contributed by atoms with van der Waals surface area (Å²) in [6.45, 7) is 4.27. The molecule has 1 heterocycles. The van der Waals surface area contributed by atoms with Gasteiger partial charge in [0.2, 0.25) is 0 Å². The fraction of sp³-hybridized carbons (Fsp3) is 0.471. The molecule has 1 atom stereocenters. The Morgan fingerprint density at radius 2 is 1.85 bits per heavy atom. The Morgan fingerprint density at radius 3 is 2.45 bits per heavy atom. The van der Waals surface area contributed by atoms with Crippen LogP contribution in [0, 0.1) is 0 Å². The van der Waals surface area contributed by atoms with Crippen LogP contribution in [0.15, 0.2) is 36.5 Å². The normalized spacial score (nSPS) is 13.9. The summed E-state index contributed by atoms with van der Waals surface area (Å²) in [4.78, 5) is 6.52. The van der Waals surface area contributed by atoms with E-state index in [2.05, 4.69) is 23.7 Å². The average molecular weight is 272 g/mol. The molecule has 1 aromatic carbocycles. The second-order valence-corrected chi connectivity index (χ2v) is 5.52. The highest BCUT2D eigenvalue weighted by Gasteiger charge is 2.38. The van der Waals surface area contributed by atoms with E-state index in [-0.39, 0.29) is 5.54 Å². The standard InChI is InChI=1S/C17H24N2O/c1-5-17(6-2,19(3)4)16(20)14-9-7-11-15-13(14)10-8-12-18-15/h7-12,16,20H,5-6H2,1-4H3. The molecule has 0 fully saturated rings. The van der Waals surface area contributed by atoms with Crippen molar-refractivity contribution >= 4 is 10.9 Å². The van der Waals surface area contributed by atoms with Gasteiger partial charge in [-0.15, -0.1) is 0 Å². The molecule has 1 N–H and O–H groups in total. The minimum atomic E-state index is -0.527. The van der Waals surface area contributed by atoms with Crippen molar-refractivity contribution in [1.29, 1.82) is 0 Å². The lowest BCUT2D eigenvalue weighted by Gasteiger charge is -2.43. The molecule has 0 saturated carbocycles. The van der Waals surface area contributed by atoms with Crippen molar-refractivity contribution in [3.8, 4) is 0 Å². The molecule has 0 spiro atoms. The largest absolute Gasteiger partial charge is 0.386 e. The monoisotopic (exact) mass is 272 g/mol. The van der Waals surface area contributed by atoms with Crippen LogP contribution in [0.5, 0.6) is 0 Å². The summed E-state index contributed by atoms with van der Waals surface area (Å²) in [7, 11) is 4.08. The minimum absolute atomic E-state index is 0.246. The number of likely N-dealkylation sites (N-methyl/N-ethyl adjacent to an activating group) is 1. The molecule has 0 amide bonds. The molecule has 108 valence electrons. The number of fused-ring (bicyclic) bond motifs is 1. The van der Waals surface area contributed by atoms with Gasteiger partial charge in [0.25, 0.3) is 0 Å². The Kier molecular flexibility index (Phi) is 4.41. The second kappa shape index (κ2) is 5.90. The molecular weight excluding hydrogens is 248 g/mol. The molecule has 0 aliphatic carbocycles. The first-order valence-corrected chi connectivity index (χ1v) is 7.26. The summed E-state index contributed by atoms with van der Waals surface area (Å²) in [6, 6.07) is 9.93. The molecule has 20 heavy (non-hydrogen) atoms. The summed E-state index contributed by atoms with van der Waals surface area (Å²) in [5.74, 6) is 0. The number of nitrogens with zero attached hydrogens (tertiary/aromatic N) is 2. The number of hydrogen-bond donors (Lipinski definition) is 1. The highest BCUT2D eigenvalue weighted by Crippen LogP contribution is 2.38. The molecule has 3 heteroatoms. The van der Waals surface area contributed by atoms with Gasteiger partial charge in [-0.1, -0.05) is 32.0 Å². The van der Waals surface area contributed by atoms with E-state index in [1.54, 1.807) is 6.20 Å². The van der Waals surface area contributed by atoms with E-state index >= 15 is 0 Å². The zero-order valence-electron chi connectivity index (χ0n) is 12.8. The van der Waals surface area contributed by atoms with Crippen molar-refractivity contribution in [2.75, 3.05) is 14.1 Å². The van der Waals surface area contributed by atoms with E-state index in [0.29, 0.717) is 0 Å². The Hall–Kier alpha value is -1.45. The number of aromatic nitrogens is 1. The van der Waals surface area contributed by atoms with E-state index in [9.17, 15) is 5.11 Å². The minimum Gasteiger partial charge on any atom is -0.386 e. The van der Waals surface area contributed by atoms with E-state index in [1.807, 2.05) is 44.4 Å². The third kappa shape index (κ3) is 2.32. The first-order chi connectivity index (χ1) is 9.56. The van der Waals surface area contributed by atoms with Crippen LogP contribution in [0.1, 0.15) is 38.4 Å². The van der Waals surface area contributed by atoms with Crippen LogP contribution in [0.25, 0.3) is 10.9 Å². The van der Waals surface area contributed by atoms with Crippen LogP contribution in [0.4, 0.5) is 0 Å². The molecule has 0 aliphatic rings. The zero-order valence-corrected chi connectivity index (χ0v) is 12.8. The van der Waals surface area contributed by atoms with E-state index < -0.39 is 6.10 Å². The Labute approximate surface area is 121 Å². The van der Waals surface area contributed by atoms with Crippen LogP contribution >= 0.6 is 0 Å². The van der Waals surface area contributed by atoms with Crippen molar-refractivity contribution < 1.29 is 5.11 Å². The lowest BCUT2D eigenvalue weighted by Crippen LogP contribution is -2.48. The number of aliphatic hydroxyl groups is 1. The maximum Gasteiger partial charge on any atom is 0.0979 e. The molecule has 0 aliphatic heterocycles. The molecule has 2 rings (SSSR count). The highest BCUT2D eigenvalue weighted by atomic mass is 16.3. The lowest BCUT2D eigenvalue weighted by atomic mass is 9.80. The predicted molar refractivity (Wildman–Crippen MR) is 83.7 cm³/mol. The van der Waals surface area contributed by atoms with Gasteiger partial charge in [0.15, 0.2) is 0 Å². The van der Waals surface area contributed by atoms with Gasteiger partial charge in [-0.2, -0.15) is 0 Å².